The summed E-state index contributed by atoms with van der Waals surface area (Å²) in [6.45, 7) is 0. The number of hydrogen-bond donors (Lipinski definition) is 1. The van der Waals surface area contributed by atoms with Gasteiger partial charge in [0, 0.05) is 15.2 Å². The molecule has 108 valence electrons. The van der Waals surface area contributed by atoms with Gasteiger partial charge in [-0.3, -0.25) is 9.59 Å². The van der Waals surface area contributed by atoms with Crippen LogP contribution in [0.2, 0.25) is 0 Å². The van der Waals surface area contributed by atoms with Crippen LogP contribution in [0.4, 0.5) is 0 Å². The van der Waals surface area contributed by atoms with Gasteiger partial charge in [-0.2, -0.15) is 0 Å². The van der Waals surface area contributed by atoms with Gasteiger partial charge in [-0.1, -0.05) is 0 Å². The van der Waals surface area contributed by atoms with E-state index in [1.54, 1.807) is 0 Å². The molecule has 1 saturated carbocycles. The van der Waals surface area contributed by atoms with E-state index in [1.807, 2.05) is 24.3 Å². The summed E-state index contributed by atoms with van der Waals surface area (Å²) < 4.78 is 5.87. The Morgan fingerprint density at radius 3 is 2.30 bits per heavy atom. The highest BCUT2D eigenvalue weighted by atomic mass is 127. The van der Waals surface area contributed by atoms with Gasteiger partial charge in [-0.15, -0.1) is 0 Å². The van der Waals surface area contributed by atoms with Gasteiger partial charge in [0.25, 0.3) is 5.91 Å². The van der Waals surface area contributed by atoms with Gasteiger partial charge in [-0.05, 0) is 72.5 Å². The molecule has 0 saturated heterocycles. The molecular weight excluding hydrogens is 369 g/mol. The standard InChI is InChI=1S/C15H18INO3/c1-20-15(19)11-4-8-13(9-5-11)17-14(18)10-2-6-12(16)7-3-10/h2-3,6-7,11,13H,4-5,8-9H2,1H3,(H,17,18). The number of benzene rings is 1. The zero-order chi connectivity index (χ0) is 14.5. The summed E-state index contributed by atoms with van der Waals surface area (Å²) in [5.41, 5.74) is 0.681. The fraction of sp³-hybridized carbons (Fsp3) is 0.467. The molecule has 0 aromatic heterocycles. The summed E-state index contributed by atoms with van der Waals surface area (Å²) in [6, 6.07) is 7.66. The first-order valence-electron chi connectivity index (χ1n) is 6.74. The van der Waals surface area contributed by atoms with Crippen molar-refractivity contribution in [3.8, 4) is 0 Å². The molecule has 1 aromatic carbocycles. The van der Waals surface area contributed by atoms with Gasteiger partial charge in [0.15, 0.2) is 0 Å². The van der Waals surface area contributed by atoms with Crippen molar-refractivity contribution in [3.05, 3.63) is 33.4 Å². The molecule has 0 radical (unpaired) electrons. The van der Waals surface area contributed by atoms with Crippen molar-refractivity contribution in [2.24, 2.45) is 5.92 Å². The van der Waals surface area contributed by atoms with Crippen LogP contribution in [0, 0.1) is 9.49 Å². The van der Waals surface area contributed by atoms with E-state index in [4.69, 9.17) is 4.74 Å². The van der Waals surface area contributed by atoms with E-state index in [0.717, 1.165) is 29.3 Å². The summed E-state index contributed by atoms with van der Waals surface area (Å²) in [6.07, 6.45) is 3.22. The Kier molecular flexibility index (Phi) is 5.39. The van der Waals surface area contributed by atoms with Crippen LogP contribution < -0.4 is 5.32 Å². The van der Waals surface area contributed by atoms with Crippen LogP contribution in [0.15, 0.2) is 24.3 Å². The highest BCUT2D eigenvalue weighted by molar-refractivity contribution is 14.1. The monoisotopic (exact) mass is 387 g/mol. The Balaban J connectivity index is 1.85. The third-order valence-corrected chi connectivity index (χ3v) is 4.42. The van der Waals surface area contributed by atoms with Crippen molar-refractivity contribution < 1.29 is 14.3 Å². The molecular formula is C15H18INO3. The number of methoxy groups -OCH3 is 1. The number of nitrogens with one attached hydrogen (secondary N) is 1. The predicted octanol–water partition coefficient (Wildman–Crippen LogP) is 2.75. The molecule has 0 bridgehead atoms. The smallest absolute Gasteiger partial charge is 0.308 e. The molecule has 0 aliphatic heterocycles. The summed E-state index contributed by atoms with van der Waals surface area (Å²) in [7, 11) is 1.42. The normalized spacial score (nSPS) is 22.1. The van der Waals surface area contributed by atoms with Crippen LogP contribution in [-0.4, -0.2) is 25.0 Å². The van der Waals surface area contributed by atoms with Crippen LogP contribution in [0.1, 0.15) is 36.0 Å². The van der Waals surface area contributed by atoms with Gasteiger partial charge in [0.05, 0.1) is 13.0 Å². The SMILES string of the molecule is COC(=O)C1CCC(NC(=O)c2ccc(I)cc2)CC1. The topological polar surface area (TPSA) is 55.4 Å². The summed E-state index contributed by atoms with van der Waals surface area (Å²) in [5, 5.41) is 3.04. The van der Waals surface area contributed by atoms with Crippen LogP contribution in [0.25, 0.3) is 0 Å². The maximum absolute atomic E-state index is 12.1. The van der Waals surface area contributed by atoms with E-state index in [-0.39, 0.29) is 23.8 Å². The number of amides is 1. The number of esters is 1. The van der Waals surface area contributed by atoms with Gasteiger partial charge >= 0.3 is 5.97 Å². The molecule has 4 nitrogen and oxygen atoms in total. The molecule has 1 aliphatic rings. The van der Waals surface area contributed by atoms with Crippen LogP contribution in [0.3, 0.4) is 0 Å². The highest BCUT2D eigenvalue weighted by Crippen LogP contribution is 2.25. The minimum atomic E-state index is -0.132. The molecule has 0 atom stereocenters. The quantitative estimate of drug-likeness (QED) is 0.641. The van der Waals surface area contributed by atoms with E-state index >= 15 is 0 Å². The van der Waals surface area contributed by atoms with Gasteiger partial charge in [-0.25, -0.2) is 0 Å². The van der Waals surface area contributed by atoms with Gasteiger partial charge < -0.3 is 10.1 Å². The zero-order valence-corrected chi connectivity index (χ0v) is 13.6. The van der Waals surface area contributed by atoms with E-state index in [9.17, 15) is 9.59 Å². The molecule has 0 unspecified atom stereocenters. The summed E-state index contributed by atoms with van der Waals surface area (Å²) >= 11 is 2.21. The van der Waals surface area contributed by atoms with E-state index in [2.05, 4.69) is 27.9 Å². The lowest BCUT2D eigenvalue weighted by atomic mass is 9.86. The van der Waals surface area contributed by atoms with E-state index in [1.165, 1.54) is 7.11 Å². The second-order valence-corrected chi connectivity index (χ2v) is 6.30. The maximum Gasteiger partial charge on any atom is 0.308 e. The number of rotatable bonds is 3. The number of hydrogen-bond acceptors (Lipinski definition) is 3. The third-order valence-electron chi connectivity index (χ3n) is 3.70. The molecule has 1 N–H and O–H groups in total. The average Bonchev–Trinajstić information content (AvgIpc) is 2.48. The number of carbonyl (C=O) groups is 2. The second kappa shape index (κ2) is 7.06. The highest BCUT2D eigenvalue weighted by Gasteiger charge is 2.27. The minimum absolute atomic E-state index is 0.00791. The molecule has 20 heavy (non-hydrogen) atoms. The van der Waals surface area contributed by atoms with Gasteiger partial charge in [0.1, 0.15) is 0 Å². The number of carbonyl (C=O) groups excluding carboxylic acids is 2. The first kappa shape index (κ1) is 15.3. The zero-order valence-electron chi connectivity index (χ0n) is 11.4. The molecule has 0 spiro atoms. The van der Waals surface area contributed by atoms with Crippen LogP contribution >= 0.6 is 22.6 Å². The summed E-state index contributed by atoms with van der Waals surface area (Å²) in [5.74, 6) is -0.179. The van der Waals surface area contributed by atoms with Crippen LogP contribution in [0.5, 0.6) is 0 Å². The maximum atomic E-state index is 12.1. The van der Waals surface area contributed by atoms with Crippen molar-refractivity contribution in [2.45, 2.75) is 31.7 Å². The lowest BCUT2D eigenvalue weighted by molar-refractivity contribution is -0.146. The Morgan fingerprint density at radius 1 is 1.15 bits per heavy atom. The van der Waals surface area contributed by atoms with Crippen molar-refractivity contribution >= 4 is 34.5 Å². The fourth-order valence-electron chi connectivity index (χ4n) is 2.51. The molecule has 0 heterocycles. The van der Waals surface area contributed by atoms with Crippen LogP contribution in [-0.2, 0) is 9.53 Å². The summed E-state index contributed by atoms with van der Waals surface area (Å²) in [4.78, 5) is 23.5. The first-order valence-corrected chi connectivity index (χ1v) is 7.82. The number of halogens is 1. The minimum Gasteiger partial charge on any atom is -0.469 e. The first-order chi connectivity index (χ1) is 9.60. The second-order valence-electron chi connectivity index (χ2n) is 5.05. The van der Waals surface area contributed by atoms with Crippen molar-refractivity contribution in [1.82, 2.24) is 5.32 Å². The third kappa shape index (κ3) is 3.94. The lowest BCUT2D eigenvalue weighted by Crippen LogP contribution is -2.38. The Morgan fingerprint density at radius 2 is 1.75 bits per heavy atom. The van der Waals surface area contributed by atoms with E-state index < -0.39 is 0 Å². The molecule has 5 heteroatoms. The Labute approximate surface area is 132 Å². The van der Waals surface area contributed by atoms with Crippen molar-refractivity contribution in [2.75, 3.05) is 7.11 Å². The largest absolute Gasteiger partial charge is 0.469 e. The van der Waals surface area contributed by atoms with Crippen molar-refractivity contribution in [1.29, 1.82) is 0 Å². The van der Waals surface area contributed by atoms with Crippen molar-refractivity contribution in [3.63, 3.8) is 0 Å². The molecule has 1 amide bonds. The molecule has 2 rings (SSSR count). The average molecular weight is 387 g/mol. The van der Waals surface area contributed by atoms with E-state index in [0.29, 0.717) is 5.56 Å². The Hall–Kier alpha value is -1.11. The van der Waals surface area contributed by atoms with Gasteiger partial charge in [0.2, 0.25) is 0 Å². The predicted molar refractivity (Wildman–Crippen MR) is 84.4 cm³/mol. The molecule has 1 aliphatic carbocycles. The number of ether oxygens (including phenoxy) is 1. The lowest BCUT2D eigenvalue weighted by Gasteiger charge is -2.27. The Bertz CT molecular complexity index is 478. The molecule has 1 aromatic rings. The fourth-order valence-corrected chi connectivity index (χ4v) is 2.87. The molecule has 1 fully saturated rings.